The molecule has 0 amide bonds. The molecule has 1 saturated carbocycles. The van der Waals surface area contributed by atoms with Crippen molar-refractivity contribution < 1.29 is 17.7 Å². The zero-order valence-corrected chi connectivity index (χ0v) is 15.9. The quantitative estimate of drug-likeness (QED) is 0.760. The van der Waals surface area contributed by atoms with Crippen molar-refractivity contribution in [1.82, 2.24) is 19.3 Å². The van der Waals surface area contributed by atoms with E-state index in [9.17, 15) is 8.42 Å². The summed E-state index contributed by atoms with van der Waals surface area (Å²) in [7, 11) is -3.23. The minimum Gasteiger partial charge on any atom is -0.381 e. The zero-order valence-electron chi connectivity index (χ0n) is 15.1. The lowest BCUT2D eigenvalue weighted by molar-refractivity contribution is -0.0672. The lowest BCUT2D eigenvalue weighted by Crippen LogP contribution is -2.63. The summed E-state index contributed by atoms with van der Waals surface area (Å²) in [5, 5.41) is 4.16. The number of aromatic nitrogens is 2. The second kappa shape index (κ2) is 5.98. The van der Waals surface area contributed by atoms with Gasteiger partial charge in [0, 0.05) is 56.8 Å². The van der Waals surface area contributed by atoms with E-state index in [1.54, 1.807) is 4.31 Å². The number of sulfonamides is 1. The Balaban J connectivity index is 1.38. The molecular formula is C17H26N4O4S. The summed E-state index contributed by atoms with van der Waals surface area (Å²) < 4.78 is 37.0. The van der Waals surface area contributed by atoms with Gasteiger partial charge in [-0.05, 0) is 25.7 Å². The van der Waals surface area contributed by atoms with Crippen LogP contribution in [0, 0.1) is 5.41 Å². The Morgan fingerprint density at radius 1 is 1.12 bits per heavy atom. The molecule has 9 heteroatoms. The summed E-state index contributed by atoms with van der Waals surface area (Å²) in [6, 6.07) is 0.548. The highest BCUT2D eigenvalue weighted by molar-refractivity contribution is 7.88. The first kappa shape index (κ1) is 17.1. The molecule has 1 atom stereocenters. The van der Waals surface area contributed by atoms with Gasteiger partial charge in [0.2, 0.25) is 15.9 Å². The zero-order chi connectivity index (χ0) is 17.9. The molecule has 1 spiro atoms. The van der Waals surface area contributed by atoms with E-state index in [1.165, 1.54) is 6.26 Å². The number of likely N-dealkylation sites (tertiary alicyclic amines) is 1. The van der Waals surface area contributed by atoms with Crippen LogP contribution in [0.5, 0.6) is 0 Å². The molecule has 144 valence electrons. The number of nitrogens with zero attached hydrogens (tertiary/aromatic N) is 4. The van der Waals surface area contributed by atoms with Gasteiger partial charge in [0.1, 0.15) is 0 Å². The number of hydrogen-bond acceptors (Lipinski definition) is 7. The van der Waals surface area contributed by atoms with Gasteiger partial charge in [-0.15, -0.1) is 0 Å². The number of rotatable bonds is 4. The summed E-state index contributed by atoms with van der Waals surface area (Å²) in [4.78, 5) is 7.13. The Hall–Kier alpha value is -1.03. The summed E-state index contributed by atoms with van der Waals surface area (Å²) in [6.45, 7) is 4.44. The second-order valence-electron chi connectivity index (χ2n) is 8.48. The first-order chi connectivity index (χ1) is 12.4. The van der Waals surface area contributed by atoms with Crippen molar-refractivity contribution in [3.63, 3.8) is 0 Å². The van der Waals surface area contributed by atoms with Crippen molar-refractivity contribution in [3.8, 4) is 0 Å². The van der Waals surface area contributed by atoms with Gasteiger partial charge in [0.25, 0.3) is 0 Å². The number of ether oxygens (including phenoxy) is 1. The third kappa shape index (κ3) is 2.89. The molecule has 4 fully saturated rings. The molecule has 0 radical (unpaired) electrons. The highest BCUT2D eigenvalue weighted by atomic mass is 32.2. The van der Waals surface area contributed by atoms with E-state index in [4.69, 9.17) is 9.26 Å². The summed E-state index contributed by atoms with van der Waals surface area (Å²) in [5.74, 6) is 1.86. The fraction of sp³-hybridized carbons (Fsp3) is 0.882. The second-order valence-corrected chi connectivity index (χ2v) is 10.5. The standard InChI is InChI=1S/C17H26N4O4S/c1-26(22,23)21-8-14(16-18-15(19-25-16)12-2-3-12)17(11-21)9-20(10-17)13-4-6-24-7-5-13/h12-14H,2-11H2,1H3. The fourth-order valence-corrected chi connectivity index (χ4v) is 5.72. The topological polar surface area (TPSA) is 88.8 Å². The van der Waals surface area contributed by atoms with Gasteiger partial charge in [-0.3, -0.25) is 4.90 Å². The lowest BCUT2D eigenvalue weighted by atomic mass is 9.70. The molecule has 1 aromatic heterocycles. The van der Waals surface area contributed by atoms with Gasteiger partial charge in [0.15, 0.2) is 5.82 Å². The largest absolute Gasteiger partial charge is 0.381 e. The fourth-order valence-electron chi connectivity index (χ4n) is 4.80. The van der Waals surface area contributed by atoms with Gasteiger partial charge >= 0.3 is 0 Å². The molecule has 4 aliphatic rings. The van der Waals surface area contributed by atoms with Crippen molar-refractivity contribution in [2.75, 3.05) is 45.6 Å². The smallest absolute Gasteiger partial charge is 0.231 e. The highest BCUT2D eigenvalue weighted by Crippen LogP contribution is 2.51. The van der Waals surface area contributed by atoms with Crippen LogP contribution in [0.3, 0.4) is 0 Å². The Labute approximate surface area is 153 Å². The monoisotopic (exact) mass is 382 g/mol. The van der Waals surface area contributed by atoms with Crippen LogP contribution in [-0.4, -0.2) is 79.5 Å². The Morgan fingerprint density at radius 2 is 1.85 bits per heavy atom. The third-order valence-corrected chi connectivity index (χ3v) is 7.74. The van der Waals surface area contributed by atoms with Gasteiger partial charge in [0.05, 0.1) is 12.2 Å². The van der Waals surface area contributed by atoms with E-state index in [1.807, 2.05) is 0 Å². The van der Waals surface area contributed by atoms with Crippen molar-refractivity contribution in [1.29, 1.82) is 0 Å². The van der Waals surface area contributed by atoms with Gasteiger partial charge < -0.3 is 9.26 Å². The first-order valence-corrected chi connectivity index (χ1v) is 11.4. The molecule has 1 aromatic rings. The van der Waals surface area contributed by atoms with Gasteiger partial charge in [-0.2, -0.15) is 4.98 Å². The average molecular weight is 382 g/mol. The van der Waals surface area contributed by atoms with Crippen LogP contribution in [0.15, 0.2) is 4.52 Å². The van der Waals surface area contributed by atoms with Crippen LogP contribution >= 0.6 is 0 Å². The van der Waals surface area contributed by atoms with E-state index in [-0.39, 0.29) is 11.3 Å². The van der Waals surface area contributed by atoms with Gasteiger partial charge in [-0.1, -0.05) is 5.16 Å². The third-order valence-electron chi connectivity index (χ3n) is 6.53. The van der Waals surface area contributed by atoms with Crippen LogP contribution < -0.4 is 0 Å². The highest BCUT2D eigenvalue weighted by Gasteiger charge is 2.59. The van der Waals surface area contributed by atoms with Crippen molar-refractivity contribution in [2.45, 2.75) is 43.6 Å². The summed E-state index contributed by atoms with van der Waals surface area (Å²) in [5.41, 5.74) is -0.102. The molecule has 3 saturated heterocycles. The van der Waals surface area contributed by atoms with E-state index in [2.05, 4.69) is 15.0 Å². The summed E-state index contributed by atoms with van der Waals surface area (Å²) >= 11 is 0. The molecule has 26 heavy (non-hydrogen) atoms. The van der Waals surface area contributed by atoms with E-state index >= 15 is 0 Å². The molecule has 1 unspecified atom stereocenters. The van der Waals surface area contributed by atoms with Crippen LogP contribution in [0.4, 0.5) is 0 Å². The summed E-state index contributed by atoms with van der Waals surface area (Å²) in [6.07, 6.45) is 5.66. The SMILES string of the molecule is CS(=O)(=O)N1CC(c2nc(C3CC3)no2)C2(CN(C3CCOCC3)C2)C1. The van der Waals surface area contributed by atoms with Gasteiger partial charge in [-0.25, -0.2) is 12.7 Å². The van der Waals surface area contributed by atoms with E-state index < -0.39 is 10.0 Å². The molecule has 8 nitrogen and oxygen atoms in total. The Morgan fingerprint density at radius 3 is 2.50 bits per heavy atom. The van der Waals surface area contributed by atoms with Crippen molar-refractivity contribution in [3.05, 3.63) is 11.7 Å². The number of hydrogen-bond donors (Lipinski definition) is 0. The lowest BCUT2D eigenvalue weighted by Gasteiger charge is -2.54. The predicted octanol–water partition coefficient (Wildman–Crippen LogP) is 0.787. The molecule has 4 heterocycles. The maximum Gasteiger partial charge on any atom is 0.231 e. The average Bonchev–Trinajstić information content (AvgIpc) is 3.17. The molecule has 5 rings (SSSR count). The van der Waals surface area contributed by atoms with Crippen LogP contribution in [0.25, 0.3) is 0 Å². The van der Waals surface area contributed by atoms with E-state index in [0.717, 1.165) is 57.8 Å². The van der Waals surface area contributed by atoms with Crippen LogP contribution in [0.1, 0.15) is 49.2 Å². The van der Waals surface area contributed by atoms with Crippen LogP contribution in [-0.2, 0) is 14.8 Å². The maximum absolute atomic E-state index is 12.2. The predicted molar refractivity (Wildman–Crippen MR) is 93.3 cm³/mol. The maximum atomic E-state index is 12.2. The minimum atomic E-state index is -3.23. The van der Waals surface area contributed by atoms with Crippen molar-refractivity contribution in [2.24, 2.45) is 5.41 Å². The normalized spacial score (nSPS) is 30.7. The van der Waals surface area contributed by atoms with Crippen molar-refractivity contribution >= 4 is 10.0 Å². The Bertz CT molecular complexity index is 778. The molecule has 0 N–H and O–H groups in total. The molecule has 1 aliphatic carbocycles. The minimum absolute atomic E-state index is 0.00619. The van der Waals surface area contributed by atoms with E-state index in [0.29, 0.717) is 30.9 Å². The molecular weight excluding hydrogens is 356 g/mol. The first-order valence-electron chi connectivity index (χ1n) is 9.55. The Kier molecular flexibility index (Phi) is 3.93. The van der Waals surface area contributed by atoms with Crippen LogP contribution in [0.2, 0.25) is 0 Å². The molecule has 0 bridgehead atoms. The molecule has 0 aromatic carbocycles. The molecule has 3 aliphatic heterocycles.